The second-order valence-corrected chi connectivity index (χ2v) is 8.23. The van der Waals surface area contributed by atoms with Gasteiger partial charge in [-0.15, -0.1) is 0 Å². The summed E-state index contributed by atoms with van der Waals surface area (Å²) in [6.07, 6.45) is 5.89. The Kier molecular flexibility index (Phi) is 5.45. The Morgan fingerprint density at radius 1 is 1.04 bits per heavy atom. The lowest BCUT2D eigenvalue weighted by Crippen LogP contribution is -2.36. The molecule has 0 bridgehead atoms. The van der Waals surface area contributed by atoms with Crippen LogP contribution in [0.3, 0.4) is 0 Å². The maximum Gasteiger partial charge on any atom is 0.294 e. The molecule has 0 radical (unpaired) electrons. The SMILES string of the molecule is Cc1cccc(N(Cc2ccccc2S(=O)(=O)O)C2CCCCC2)c1. The summed E-state index contributed by atoms with van der Waals surface area (Å²) in [6, 6.07) is 15.4. The zero-order valence-corrected chi connectivity index (χ0v) is 15.4. The Balaban J connectivity index is 1.98. The van der Waals surface area contributed by atoms with E-state index in [1.165, 1.54) is 30.9 Å². The van der Waals surface area contributed by atoms with Crippen molar-refractivity contribution in [1.29, 1.82) is 0 Å². The molecule has 2 aromatic carbocycles. The van der Waals surface area contributed by atoms with Crippen molar-refractivity contribution in [3.8, 4) is 0 Å². The lowest BCUT2D eigenvalue weighted by Gasteiger charge is -2.36. The van der Waals surface area contributed by atoms with E-state index < -0.39 is 10.1 Å². The van der Waals surface area contributed by atoms with Gasteiger partial charge in [-0.25, -0.2) is 0 Å². The smallest absolute Gasteiger partial charge is 0.294 e. The molecule has 0 atom stereocenters. The first-order chi connectivity index (χ1) is 11.9. The predicted molar refractivity (Wildman–Crippen MR) is 100 cm³/mol. The van der Waals surface area contributed by atoms with Crippen molar-refractivity contribution in [2.24, 2.45) is 0 Å². The molecule has 1 aliphatic carbocycles. The molecule has 0 unspecified atom stereocenters. The highest BCUT2D eigenvalue weighted by Crippen LogP contribution is 2.30. The fraction of sp³-hybridized carbons (Fsp3) is 0.400. The van der Waals surface area contributed by atoms with Crippen LogP contribution in [-0.2, 0) is 16.7 Å². The van der Waals surface area contributed by atoms with Crippen LogP contribution < -0.4 is 4.90 Å². The molecule has 0 aromatic heterocycles. The van der Waals surface area contributed by atoms with Crippen molar-refractivity contribution in [2.45, 2.75) is 56.5 Å². The van der Waals surface area contributed by atoms with Crippen molar-refractivity contribution in [3.05, 3.63) is 59.7 Å². The van der Waals surface area contributed by atoms with Gasteiger partial charge < -0.3 is 4.90 Å². The van der Waals surface area contributed by atoms with Crippen molar-refractivity contribution < 1.29 is 13.0 Å². The monoisotopic (exact) mass is 359 g/mol. The van der Waals surface area contributed by atoms with E-state index in [9.17, 15) is 13.0 Å². The van der Waals surface area contributed by atoms with E-state index in [2.05, 4.69) is 30.0 Å². The molecule has 1 N–H and O–H groups in total. The third-order valence-corrected chi connectivity index (χ3v) is 5.89. The molecule has 0 saturated heterocycles. The summed E-state index contributed by atoms with van der Waals surface area (Å²) in [4.78, 5) is 2.30. The lowest BCUT2D eigenvalue weighted by molar-refractivity contribution is 0.412. The van der Waals surface area contributed by atoms with Gasteiger partial charge in [-0.1, -0.05) is 49.6 Å². The van der Waals surface area contributed by atoms with E-state index in [1.54, 1.807) is 12.1 Å². The van der Waals surface area contributed by atoms with Crippen LogP contribution in [0.25, 0.3) is 0 Å². The van der Waals surface area contributed by atoms with E-state index >= 15 is 0 Å². The topological polar surface area (TPSA) is 57.6 Å². The third-order valence-electron chi connectivity index (χ3n) is 4.94. The van der Waals surface area contributed by atoms with Gasteiger partial charge in [-0.2, -0.15) is 8.42 Å². The van der Waals surface area contributed by atoms with E-state index in [-0.39, 0.29) is 4.90 Å². The van der Waals surface area contributed by atoms with Gasteiger partial charge in [0.05, 0.1) is 4.90 Å². The summed E-state index contributed by atoms with van der Waals surface area (Å²) < 4.78 is 33.0. The van der Waals surface area contributed by atoms with Gasteiger partial charge in [0.25, 0.3) is 10.1 Å². The Bertz CT molecular complexity index is 826. The maximum absolute atomic E-state index is 11.7. The van der Waals surface area contributed by atoms with Gasteiger partial charge in [-0.05, 0) is 49.1 Å². The van der Waals surface area contributed by atoms with Crippen molar-refractivity contribution in [2.75, 3.05) is 4.90 Å². The molecule has 25 heavy (non-hydrogen) atoms. The van der Waals surface area contributed by atoms with E-state index in [0.29, 0.717) is 18.2 Å². The lowest BCUT2D eigenvalue weighted by atomic mass is 9.93. The van der Waals surface area contributed by atoms with Gasteiger partial charge in [0.15, 0.2) is 0 Å². The number of anilines is 1. The molecular formula is C20H25NO3S. The molecule has 2 aromatic rings. The first-order valence-corrected chi connectivity index (χ1v) is 10.3. The zero-order chi connectivity index (χ0) is 17.9. The summed E-state index contributed by atoms with van der Waals surface area (Å²) in [5.74, 6) is 0. The molecule has 0 amide bonds. The second-order valence-electron chi connectivity index (χ2n) is 6.84. The summed E-state index contributed by atoms with van der Waals surface area (Å²) in [5.41, 5.74) is 2.93. The Morgan fingerprint density at radius 2 is 1.76 bits per heavy atom. The van der Waals surface area contributed by atoms with Gasteiger partial charge in [-0.3, -0.25) is 4.55 Å². The molecule has 134 valence electrons. The summed E-state index contributed by atoms with van der Waals surface area (Å²) >= 11 is 0. The standard InChI is InChI=1S/C20H25NO3S/c1-16-8-7-12-19(14-16)21(18-10-3-2-4-11-18)15-17-9-5-6-13-20(17)25(22,23)24/h5-9,12-14,18H,2-4,10-11,15H2,1H3,(H,22,23,24). The van der Waals surface area contributed by atoms with Crippen molar-refractivity contribution >= 4 is 15.8 Å². The first-order valence-electron chi connectivity index (χ1n) is 8.84. The molecule has 0 spiro atoms. The number of benzene rings is 2. The number of hydrogen-bond donors (Lipinski definition) is 1. The van der Waals surface area contributed by atoms with Gasteiger partial charge in [0.1, 0.15) is 0 Å². The normalized spacial score (nSPS) is 15.9. The van der Waals surface area contributed by atoms with Crippen LogP contribution in [0.2, 0.25) is 0 Å². The molecular weight excluding hydrogens is 334 g/mol. The van der Waals surface area contributed by atoms with Crippen LogP contribution >= 0.6 is 0 Å². The summed E-state index contributed by atoms with van der Waals surface area (Å²) in [6.45, 7) is 2.54. The number of hydrogen-bond acceptors (Lipinski definition) is 3. The van der Waals surface area contributed by atoms with E-state index in [4.69, 9.17) is 0 Å². The average Bonchev–Trinajstić information content (AvgIpc) is 2.60. The molecule has 3 rings (SSSR count). The third kappa shape index (κ3) is 4.41. The minimum atomic E-state index is -4.23. The quantitative estimate of drug-likeness (QED) is 0.794. The molecule has 1 saturated carbocycles. The zero-order valence-electron chi connectivity index (χ0n) is 14.6. The van der Waals surface area contributed by atoms with Crippen LogP contribution in [0.4, 0.5) is 5.69 Å². The molecule has 0 heterocycles. The van der Waals surface area contributed by atoms with E-state index in [1.807, 2.05) is 12.1 Å². The maximum atomic E-state index is 11.7. The number of rotatable bonds is 5. The van der Waals surface area contributed by atoms with Gasteiger partial charge in [0.2, 0.25) is 0 Å². The number of aryl methyl sites for hydroxylation is 1. The van der Waals surface area contributed by atoms with Crippen LogP contribution in [0.15, 0.2) is 53.4 Å². The Hall–Kier alpha value is -1.85. The highest BCUT2D eigenvalue weighted by molar-refractivity contribution is 7.85. The minimum absolute atomic E-state index is 0.00321. The van der Waals surface area contributed by atoms with Crippen LogP contribution in [0.1, 0.15) is 43.2 Å². The largest absolute Gasteiger partial charge is 0.364 e. The highest BCUT2D eigenvalue weighted by atomic mass is 32.2. The van der Waals surface area contributed by atoms with Crippen LogP contribution in [0, 0.1) is 6.92 Å². The van der Waals surface area contributed by atoms with E-state index in [0.717, 1.165) is 18.5 Å². The fourth-order valence-corrected chi connectivity index (χ4v) is 4.41. The highest BCUT2D eigenvalue weighted by Gasteiger charge is 2.24. The molecule has 4 nitrogen and oxygen atoms in total. The van der Waals surface area contributed by atoms with Crippen molar-refractivity contribution in [1.82, 2.24) is 0 Å². The first kappa shape index (κ1) is 18.0. The van der Waals surface area contributed by atoms with Gasteiger partial charge in [0, 0.05) is 18.3 Å². The van der Waals surface area contributed by atoms with Crippen LogP contribution in [0.5, 0.6) is 0 Å². The molecule has 5 heteroatoms. The Labute approximate surface area is 150 Å². The molecule has 1 aliphatic rings. The predicted octanol–water partition coefficient (Wildman–Crippen LogP) is 4.58. The second kappa shape index (κ2) is 7.58. The molecule has 0 aliphatic heterocycles. The summed E-state index contributed by atoms with van der Waals surface area (Å²) in [5, 5.41) is 0. The van der Waals surface area contributed by atoms with Crippen LogP contribution in [-0.4, -0.2) is 19.0 Å². The fourth-order valence-electron chi connectivity index (χ4n) is 3.70. The number of nitrogens with zero attached hydrogens (tertiary/aromatic N) is 1. The minimum Gasteiger partial charge on any atom is -0.364 e. The summed E-state index contributed by atoms with van der Waals surface area (Å²) in [7, 11) is -4.23. The van der Waals surface area contributed by atoms with Gasteiger partial charge >= 0.3 is 0 Å². The molecule has 1 fully saturated rings. The van der Waals surface area contributed by atoms with Crippen molar-refractivity contribution in [3.63, 3.8) is 0 Å². The Morgan fingerprint density at radius 3 is 2.44 bits per heavy atom. The average molecular weight is 359 g/mol.